The Balaban J connectivity index is 1.59. The summed E-state index contributed by atoms with van der Waals surface area (Å²) in [4.78, 5) is 4.40. The molecule has 2 aromatic carbocycles. The number of rotatable bonds is 6. The molecule has 1 heterocycles. The van der Waals surface area contributed by atoms with Crippen molar-refractivity contribution in [3.8, 4) is 5.75 Å². The fourth-order valence-corrected chi connectivity index (χ4v) is 2.82. The molecule has 5 N–H and O–H groups in total. The molecule has 0 radical (unpaired) electrons. The van der Waals surface area contributed by atoms with E-state index in [9.17, 15) is 5.11 Å². The molecular formula is C20H24N4O. The largest absolute Gasteiger partial charge is 0.508 e. The van der Waals surface area contributed by atoms with Gasteiger partial charge < -0.3 is 15.7 Å². The smallest absolute Gasteiger partial charge is 0.183 e. The van der Waals surface area contributed by atoms with Gasteiger partial charge >= 0.3 is 0 Å². The van der Waals surface area contributed by atoms with Crippen LogP contribution in [-0.4, -0.2) is 17.1 Å². The highest BCUT2D eigenvalue weighted by atomic mass is 16.3. The van der Waals surface area contributed by atoms with Gasteiger partial charge in [-0.1, -0.05) is 42.5 Å². The summed E-state index contributed by atoms with van der Waals surface area (Å²) in [5.41, 5.74) is 8.72. The molecular weight excluding hydrogens is 312 g/mol. The quantitative estimate of drug-likeness (QED) is 0.654. The van der Waals surface area contributed by atoms with E-state index in [0.29, 0.717) is 6.42 Å². The van der Waals surface area contributed by atoms with Gasteiger partial charge in [-0.15, -0.1) is 0 Å². The molecule has 3 rings (SSSR count). The topological polar surface area (TPSA) is 82.7 Å². The van der Waals surface area contributed by atoms with Crippen LogP contribution >= 0.6 is 0 Å². The van der Waals surface area contributed by atoms with Gasteiger partial charge in [-0.05, 0) is 42.7 Å². The normalized spacial score (nSPS) is 20.5. The number of nitrogens with zero attached hydrogens (tertiary/aromatic N) is 1. The van der Waals surface area contributed by atoms with E-state index in [-0.39, 0.29) is 11.8 Å². The van der Waals surface area contributed by atoms with Crippen molar-refractivity contribution in [3.63, 3.8) is 0 Å². The summed E-state index contributed by atoms with van der Waals surface area (Å²) in [6.45, 7) is 2.11. The number of benzene rings is 2. The molecule has 2 atom stereocenters. The maximum atomic E-state index is 9.36. The van der Waals surface area contributed by atoms with Crippen molar-refractivity contribution in [1.29, 1.82) is 0 Å². The molecule has 0 saturated carbocycles. The molecule has 5 heteroatoms. The van der Waals surface area contributed by atoms with Gasteiger partial charge in [0.25, 0.3) is 0 Å². The van der Waals surface area contributed by atoms with Gasteiger partial charge in [0.1, 0.15) is 11.6 Å². The second-order valence-corrected chi connectivity index (χ2v) is 6.35. The first-order chi connectivity index (χ1) is 12.0. The molecule has 0 spiro atoms. The fourth-order valence-electron chi connectivity index (χ4n) is 2.82. The minimum atomic E-state index is -0.842. The number of nitrogens with one attached hydrogen (secondary N) is 2. The molecule has 1 aliphatic rings. The predicted molar refractivity (Wildman–Crippen MR) is 101 cm³/mol. The standard InChI is InChI=1S/C20H24N4O/c1-15(17-5-3-2-4-6-17)23-19-12-14-22-20(21,24-19)13-11-16-7-9-18(25)10-8-16/h2-10,12,14-15,23-25H,11,13,21H2,1H3. The van der Waals surface area contributed by atoms with Gasteiger partial charge in [-0.25, -0.2) is 0 Å². The summed E-state index contributed by atoms with van der Waals surface area (Å²) >= 11 is 0. The molecule has 1 aliphatic heterocycles. The van der Waals surface area contributed by atoms with Crippen molar-refractivity contribution < 1.29 is 5.11 Å². The number of hydrogen-bond donors (Lipinski definition) is 4. The van der Waals surface area contributed by atoms with E-state index in [1.807, 2.05) is 36.4 Å². The summed E-state index contributed by atoms with van der Waals surface area (Å²) in [6.07, 6.45) is 5.05. The maximum absolute atomic E-state index is 9.36. The molecule has 0 saturated heterocycles. The van der Waals surface area contributed by atoms with Gasteiger partial charge in [0, 0.05) is 18.7 Å². The molecule has 25 heavy (non-hydrogen) atoms. The molecule has 0 fully saturated rings. The van der Waals surface area contributed by atoms with Crippen molar-refractivity contribution >= 4 is 6.21 Å². The Labute approximate surface area is 148 Å². The van der Waals surface area contributed by atoms with Gasteiger partial charge in [-0.2, -0.15) is 0 Å². The minimum absolute atomic E-state index is 0.160. The summed E-state index contributed by atoms with van der Waals surface area (Å²) in [5, 5.41) is 16.1. The zero-order chi connectivity index (χ0) is 17.7. The predicted octanol–water partition coefficient (Wildman–Crippen LogP) is 2.80. The monoisotopic (exact) mass is 336 g/mol. The van der Waals surface area contributed by atoms with E-state index >= 15 is 0 Å². The van der Waals surface area contributed by atoms with Crippen LogP contribution in [0.4, 0.5) is 0 Å². The van der Waals surface area contributed by atoms with Crippen molar-refractivity contribution in [2.45, 2.75) is 31.6 Å². The van der Waals surface area contributed by atoms with Crippen molar-refractivity contribution in [2.75, 3.05) is 0 Å². The first kappa shape index (κ1) is 17.0. The van der Waals surface area contributed by atoms with Crippen LogP contribution < -0.4 is 16.4 Å². The maximum Gasteiger partial charge on any atom is 0.183 e. The fraction of sp³-hybridized carbons (Fsp3) is 0.250. The van der Waals surface area contributed by atoms with E-state index < -0.39 is 5.79 Å². The van der Waals surface area contributed by atoms with E-state index in [1.54, 1.807) is 18.3 Å². The number of phenols is 1. The molecule has 2 unspecified atom stereocenters. The molecule has 0 aliphatic carbocycles. The Bertz CT molecular complexity index is 755. The number of nitrogens with two attached hydrogens (primary N) is 1. The second-order valence-electron chi connectivity index (χ2n) is 6.35. The third-order valence-electron chi connectivity index (χ3n) is 4.30. The van der Waals surface area contributed by atoms with E-state index in [1.165, 1.54) is 5.56 Å². The molecule has 0 bridgehead atoms. The van der Waals surface area contributed by atoms with Crippen LogP contribution in [0.25, 0.3) is 0 Å². The highest BCUT2D eigenvalue weighted by molar-refractivity contribution is 5.73. The van der Waals surface area contributed by atoms with E-state index in [2.05, 4.69) is 34.7 Å². The number of aryl methyl sites for hydroxylation is 1. The highest BCUT2D eigenvalue weighted by Crippen LogP contribution is 2.18. The van der Waals surface area contributed by atoms with Crippen LogP contribution in [0.5, 0.6) is 5.75 Å². The number of allylic oxidation sites excluding steroid dienone is 1. The minimum Gasteiger partial charge on any atom is -0.508 e. The number of hydrogen-bond acceptors (Lipinski definition) is 5. The van der Waals surface area contributed by atoms with Gasteiger partial charge in [0.15, 0.2) is 5.79 Å². The first-order valence-corrected chi connectivity index (χ1v) is 8.46. The van der Waals surface area contributed by atoms with Crippen molar-refractivity contribution in [1.82, 2.24) is 10.6 Å². The van der Waals surface area contributed by atoms with Crippen LogP contribution in [0.2, 0.25) is 0 Å². The summed E-state index contributed by atoms with van der Waals surface area (Å²) in [5.74, 6) is 0.287. The lowest BCUT2D eigenvalue weighted by atomic mass is 10.1. The lowest BCUT2D eigenvalue weighted by Gasteiger charge is -2.32. The van der Waals surface area contributed by atoms with Crippen molar-refractivity contribution in [3.05, 3.63) is 77.6 Å². The molecule has 130 valence electrons. The molecule has 5 nitrogen and oxygen atoms in total. The average Bonchev–Trinajstić information content (AvgIpc) is 2.62. The van der Waals surface area contributed by atoms with Crippen LogP contribution in [0.1, 0.15) is 30.5 Å². The first-order valence-electron chi connectivity index (χ1n) is 8.46. The Kier molecular flexibility index (Phi) is 5.05. The zero-order valence-corrected chi connectivity index (χ0v) is 14.3. The number of aromatic hydroxyl groups is 1. The Morgan fingerprint density at radius 3 is 2.60 bits per heavy atom. The molecule has 0 amide bonds. The molecule has 0 aromatic heterocycles. The number of aliphatic imine (C=N–C) groups is 1. The Morgan fingerprint density at radius 1 is 1.16 bits per heavy atom. The third kappa shape index (κ3) is 4.61. The zero-order valence-electron chi connectivity index (χ0n) is 14.3. The number of phenolic OH excluding ortho intramolecular Hbond substituents is 1. The Hall–Kier alpha value is -2.79. The third-order valence-corrected chi connectivity index (χ3v) is 4.30. The second kappa shape index (κ2) is 7.40. The van der Waals surface area contributed by atoms with E-state index in [4.69, 9.17) is 5.73 Å². The highest BCUT2D eigenvalue weighted by Gasteiger charge is 2.26. The van der Waals surface area contributed by atoms with Crippen LogP contribution in [0.3, 0.4) is 0 Å². The lowest BCUT2D eigenvalue weighted by molar-refractivity contribution is 0.338. The summed E-state index contributed by atoms with van der Waals surface area (Å²) in [6, 6.07) is 17.6. The van der Waals surface area contributed by atoms with Gasteiger partial charge in [0.2, 0.25) is 0 Å². The van der Waals surface area contributed by atoms with E-state index in [0.717, 1.165) is 17.8 Å². The van der Waals surface area contributed by atoms with Crippen LogP contribution in [0, 0.1) is 0 Å². The summed E-state index contributed by atoms with van der Waals surface area (Å²) in [7, 11) is 0. The SMILES string of the molecule is CC(NC1=CC=NC(N)(CCc2ccc(O)cc2)N1)c1ccccc1. The van der Waals surface area contributed by atoms with Crippen LogP contribution in [-0.2, 0) is 6.42 Å². The van der Waals surface area contributed by atoms with Crippen LogP contribution in [0.15, 0.2) is 71.5 Å². The van der Waals surface area contributed by atoms with Crippen molar-refractivity contribution in [2.24, 2.45) is 10.7 Å². The summed E-state index contributed by atoms with van der Waals surface area (Å²) < 4.78 is 0. The average molecular weight is 336 g/mol. The molecule has 2 aromatic rings. The van der Waals surface area contributed by atoms with Gasteiger partial charge in [-0.3, -0.25) is 10.7 Å². The lowest BCUT2D eigenvalue weighted by Crippen LogP contribution is -2.55. The van der Waals surface area contributed by atoms with Gasteiger partial charge in [0.05, 0.1) is 0 Å². The Morgan fingerprint density at radius 2 is 1.88 bits per heavy atom.